The van der Waals surface area contributed by atoms with E-state index in [1.807, 2.05) is 13.1 Å². The second-order valence-corrected chi connectivity index (χ2v) is 6.81. The SMILES string of the molecule is C=CCCCCCN(C)C(=NC)NCCc1sc(C)nc1C. The Hall–Kier alpha value is -1.36. The highest BCUT2D eigenvalue weighted by atomic mass is 32.1. The van der Waals surface area contributed by atoms with Gasteiger partial charge in [0.1, 0.15) is 0 Å². The van der Waals surface area contributed by atoms with E-state index in [1.165, 1.54) is 24.1 Å². The number of nitrogens with one attached hydrogen (secondary N) is 1. The number of guanidine groups is 1. The van der Waals surface area contributed by atoms with Crippen LogP contribution in [-0.4, -0.2) is 43.0 Å². The van der Waals surface area contributed by atoms with Crippen molar-refractivity contribution in [2.75, 3.05) is 27.2 Å². The summed E-state index contributed by atoms with van der Waals surface area (Å²) in [4.78, 5) is 12.4. The molecule has 0 aliphatic rings. The Kier molecular flexibility index (Phi) is 8.82. The lowest BCUT2D eigenvalue weighted by atomic mass is 10.2. The maximum absolute atomic E-state index is 4.47. The lowest BCUT2D eigenvalue weighted by molar-refractivity contribution is 0.455. The van der Waals surface area contributed by atoms with E-state index in [0.717, 1.165) is 42.6 Å². The van der Waals surface area contributed by atoms with Crippen LogP contribution in [-0.2, 0) is 6.42 Å². The summed E-state index contributed by atoms with van der Waals surface area (Å²) in [7, 11) is 3.95. The van der Waals surface area contributed by atoms with Crippen LogP contribution in [0.3, 0.4) is 0 Å². The van der Waals surface area contributed by atoms with Gasteiger partial charge in [-0.3, -0.25) is 4.99 Å². The molecule has 1 N–H and O–H groups in total. The minimum Gasteiger partial charge on any atom is -0.356 e. The number of aliphatic imine (C=N–C) groups is 1. The third-order valence-electron chi connectivity index (χ3n) is 3.61. The Balaban J connectivity index is 2.29. The van der Waals surface area contributed by atoms with E-state index in [1.54, 1.807) is 11.3 Å². The van der Waals surface area contributed by atoms with Gasteiger partial charge in [-0.05, 0) is 33.1 Å². The van der Waals surface area contributed by atoms with Gasteiger partial charge in [0.15, 0.2) is 5.96 Å². The largest absolute Gasteiger partial charge is 0.356 e. The van der Waals surface area contributed by atoms with Crippen molar-refractivity contribution in [2.24, 2.45) is 4.99 Å². The Morgan fingerprint density at radius 1 is 1.36 bits per heavy atom. The van der Waals surface area contributed by atoms with Crippen LogP contribution in [0.1, 0.15) is 41.3 Å². The number of aryl methyl sites for hydroxylation is 2. The van der Waals surface area contributed by atoms with Crippen LogP contribution in [0.15, 0.2) is 17.6 Å². The maximum atomic E-state index is 4.47. The summed E-state index contributed by atoms with van der Waals surface area (Å²) >= 11 is 1.79. The molecule has 0 aromatic carbocycles. The van der Waals surface area contributed by atoms with Crippen LogP contribution in [0.2, 0.25) is 0 Å². The van der Waals surface area contributed by atoms with Gasteiger partial charge in [0, 0.05) is 38.5 Å². The molecule has 1 aromatic rings. The predicted molar refractivity (Wildman–Crippen MR) is 97.9 cm³/mol. The topological polar surface area (TPSA) is 40.5 Å². The zero-order valence-electron chi connectivity index (χ0n) is 14.5. The van der Waals surface area contributed by atoms with Crippen LogP contribution >= 0.6 is 11.3 Å². The molecule has 1 rings (SSSR count). The molecule has 0 amide bonds. The molecule has 0 atom stereocenters. The zero-order chi connectivity index (χ0) is 16.4. The Morgan fingerprint density at radius 3 is 2.73 bits per heavy atom. The van der Waals surface area contributed by atoms with Gasteiger partial charge < -0.3 is 10.2 Å². The molecule has 0 spiro atoms. The maximum Gasteiger partial charge on any atom is 0.193 e. The molecule has 1 aromatic heterocycles. The highest BCUT2D eigenvalue weighted by Gasteiger charge is 2.07. The molecule has 0 fully saturated rings. The first-order chi connectivity index (χ1) is 10.6. The van der Waals surface area contributed by atoms with Gasteiger partial charge in [0.05, 0.1) is 10.7 Å². The van der Waals surface area contributed by atoms with E-state index < -0.39 is 0 Å². The van der Waals surface area contributed by atoms with Gasteiger partial charge >= 0.3 is 0 Å². The molecule has 0 aliphatic carbocycles. The molecule has 0 bridgehead atoms. The van der Waals surface area contributed by atoms with E-state index in [0.29, 0.717) is 0 Å². The van der Waals surface area contributed by atoms with Gasteiger partial charge in [-0.25, -0.2) is 4.98 Å². The Labute approximate surface area is 139 Å². The summed E-state index contributed by atoms with van der Waals surface area (Å²) in [5, 5.41) is 4.59. The number of unbranched alkanes of at least 4 members (excludes halogenated alkanes) is 3. The van der Waals surface area contributed by atoms with Crippen molar-refractivity contribution in [3.63, 3.8) is 0 Å². The molecule has 0 aliphatic heterocycles. The zero-order valence-corrected chi connectivity index (χ0v) is 15.3. The van der Waals surface area contributed by atoms with Crippen LogP contribution in [0.5, 0.6) is 0 Å². The molecule has 0 unspecified atom stereocenters. The highest BCUT2D eigenvalue weighted by Crippen LogP contribution is 2.17. The van der Waals surface area contributed by atoms with Crippen LogP contribution < -0.4 is 5.32 Å². The molecule has 4 nitrogen and oxygen atoms in total. The standard InChI is InChI=1S/C17H30N4S/c1-6-7-8-9-10-13-21(5)17(18-4)19-12-11-16-14(2)20-15(3)22-16/h6H,1,7-13H2,2-5H3,(H,18,19). The number of allylic oxidation sites excluding steroid dienone is 1. The minimum absolute atomic E-state index is 0.899. The van der Waals surface area contributed by atoms with Crippen LogP contribution in [0.25, 0.3) is 0 Å². The molecular formula is C17H30N4S. The molecule has 0 radical (unpaired) electrons. The molecule has 124 valence electrons. The second kappa shape index (κ2) is 10.4. The average Bonchev–Trinajstić information content (AvgIpc) is 2.81. The first-order valence-electron chi connectivity index (χ1n) is 8.04. The monoisotopic (exact) mass is 322 g/mol. The van der Waals surface area contributed by atoms with Crippen molar-refractivity contribution in [1.29, 1.82) is 0 Å². The molecule has 0 saturated carbocycles. The second-order valence-electron chi connectivity index (χ2n) is 5.53. The van der Waals surface area contributed by atoms with Gasteiger partial charge in [0.2, 0.25) is 0 Å². The van der Waals surface area contributed by atoms with E-state index >= 15 is 0 Å². The number of hydrogen-bond acceptors (Lipinski definition) is 3. The van der Waals surface area contributed by atoms with Crippen molar-refractivity contribution in [3.8, 4) is 0 Å². The van der Waals surface area contributed by atoms with Crippen molar-refractivity contribution in [2.45, 2.75) is 46.0 Å². The smallest absolute Gasteiger partial charge is 0.193 e. The number of nitrogens with zero attached hydrogens (tertiary/aromatic N) is 3. The lowest BCUT2D eigenvalue weighted by Gasteiger charge is -2.22. The minimum atomic E-state index is 0.899. The van der Waals surface area contributed by atoms with Crippen molar-refractivity contribution in [3.05, 3.63) is 28.2 Å². The summed E-state index contributed by atoms with van der Waals surface area (Å²) in [6.45, 7) is 9.84. The fourth-order valence-electron chi connectivity index (χ4n) is 2.40. The van der Waals surface area contributed by atoms with Crippen molar-refractivity contribution < 1.29 is 0 Å². The summed E-state index contributed by atoms with van der Waals surface area (Å²) in [5.41, 5.74) is 1.16. The molecule has 5 heteroatoms. The van der Waals surface area contributed by atoms with Crippen molar-refractivity contribution >= 4 is 17.3 Å². The van der Waals surface area contributed by atoms with E-state index in [4.69, 9.17) is 0 Å². The molecule has 0 saturated heterocycles. The highest BCUT2D eigenvalue weighted by molar-refractivity contribution is 7.11. The Bertz CT molecular complexity index is 479. The Morgan fingerprint density at radius 2 is 2.14 bits per heavy atom. The fraction of sp³-hybridized carbons (Fsp3) is 0.647. The first-order valence-corrected chi connectivity index (χ1v) is 8.85. The molecule has 22 heavy (non-hydrogen) atoms. The van der Waals surface area contributed by atoms with Crippen LogP contribution in [0, 0.1) is 13.8 Å². The normalized spacial score (nSPS) is 11.5. The number of rotatable bonds is 9. The predicted octanol–water partition coefficient (Wildman–Crippen LogP) is 3.56. The summed E-state index contributed by atoms with van der Waals surface area (Å²) in [6.07, 6.45) is 7.78. The summed E-state index contributed by atoms with van der Waals surface area (Å²) < 4.78 is 0. The summed E-state index contributed by atoms with van der Waals surface area (Å²) in [5.74, 6) is 0.975. The number of thiazole rings is 1. The lowest BCUT2D eigenvalue weighted by Crippen LogP contribution is -2.40. The third kappa shape index (κ3) is 6.60. The van der Waals surface area contributed by atoms with Crippen molar-refractivity contribution in [1.82, 2.24) is 15.2 Å². The third-order valence-corrected chi connectivity index (χ3v) is 4.74. The first kappa shape index (κ1) is 18.7. The molecule has 1 heterocycles. The van der Waals surface area contributed by atoms with Gasteiger partial charge in [-0.15, -0.1) is 17.9 Å². The van der Waals surface area contributed by atoms with Gasteiger partial charge in [-0.2, -0.15) is 0 Å². The quantitative estimate of drug-likeness (QED) is 0.327. The van der Waals surface area contributed by atoms with E-state index in [2.05, 4.69) is 47.7 Å². The summed E-state index contributed by atoms with van der Waals surface area (Å²) in [6, 6.07) is 0. The fourth-order valence-corrected chi connectivity index (χ4v) is 3.33. The van der Waals surface area contributed by atoms with Gasteiger partial charge in [-0.1, -0.05) is 12.5 Å². The van der Waals surface area contributed by atoms with Crippen LogP contribution in [0.4, 0.5) is 0 Å². The molecular weight excluding hydrogens is 292 g/mol. The van der Waals surface area contributed by atoms with E-state index in [9.17, 15) is 0 Å². The average molecular weight is 323 g/mol. The number of hydrogen-bond donors (Lipinski definition) is 1. The van der Waals surface area contributed by atoms with Gasteiger partial charge in [0.25, 0.3) is 0 Å². The number of aromatic nitrogens is 1. The van der Waals surface area contributed by atoms with E-state index in [-0.39, 0.29) is 0 Å².